The minimum atomic E-state index is -0.408. The molecular weight excluding hydrogens is 244 g/mol. The van der Waals surface area contributed by atoms with Crippen molar-refractivity contribution >= 4 is 17.1 Å². The molecule has 1 aliphatic carbocycles. The van der Waals surface area contributed by atoms with Gasteiger partial charge in [0.25, 0.3) is 5.69 Å². The number of nitrogens with zero attached hydrogens (tertiary/aromatic N) is 1. The van der Waals surface area contributed by atoms with Gasteiger partial charge in [0.05, 0.1) is 10.6 Å². The summed E-state index contributed by atoms with van der Waals surface area (Å²) >= 11 is 0. The predicted octanol–water partition coefficient (Wildman–Crippen LogP) is 3.02. The van der Waals surface area contributed by atoms with E-state index in [-0.39, 0.29) is 11.2 Å². The molecule has 0 atom stereocenters. The van der Waals surface area contributed by atoms with Crippen LogP contribution in [0.3, 0.4) is 0 Å². The number of nitro groups is 1. The van der Waals surface area contributed by atoms with Crippen molar-refractivity contribution < 1.29 is 4.92 Å². The maximum Gasteiger partial charge on any atom is 0.273 e. The summed E-state index contributed by atoms with van der Waals surface area (Å²) in [6, 6.07) is 4.78. The van der Waals surface area contributed by atoms with Crippen LogP contribution in [0.2, 0.25) is 0 Å². The Kier molecular flexibility index (Phi) is 3.90. The standard InChI is InChI=1S/C13H20N4O2/c1-13(5-3-2-4-6-13)15-10-7-11(16-14)9-12(8-10)17(18)19/h7-9,15-16H,2-6,14H2,1H3. The monoisotopic (exact) mass is 264 g/mol. The van der Waals surface area contributed by atoms with Crippen molar-refractivity contribution in [1.29, 1.82) is 0 Å². The topological polar surface area (TPSA) is 93.2 Å². The average molecular weight is 264 g/mol. The Balaban J connectivity index is 2.23. The highest BCUT2D eigenvalue weighted by atomic mass is 16.6. The van der Waals surface area contributed by atoms with Crippen LogP contribution in [-0.4, -0.2) is 10.5 Å². The van der Waals surface area contributed by atoms with Crippen molar-refractivity contribution in [3.05, 3.63) is 28.3 Å². The second-order valence-electron chi connectivity index (χ2n) is 5.42. The Hall–Kier alpha value is -1.82. The van der Waals surface area contributed by atoms with Gasteiger partial charge in [-0.1, -0.05) is 19.3 Å². The van der Waals surface area contributed by atoms with E-state index in [1.807, 2.05) is 0 Å². The van der Waals surface area contributed by atoms with E-state index in [1.54, 1.807) is 12.1 Å². The van der Waals surface area contributed by atoms with Crippen molar-refractivity contribution in [1.82, 2.24) is 0 Å². The summed E-state index contributed by atoms with van der Waals surface area (Å²) in [5, 5.41) is 14.3. The first-order chi connectivity index (χ1) is 9.02. The van der Waals surface area contributed by atoms with Gasteiger partial charge < -0.3 is 10.7 Å². The number of nitrogens with one attached hydrogen (secondary N) is 2. The Labute approximate surface area is 112 Å². The first-order valence-electron chi connectivity index (χ1n) is 6.57. The molecule has 6 nitrogen and oxygen atoms in total. The van der Waals surface area contributed by atoms with Gasteiger partial charge in [0.2, 0.25) is 0 Å². The minimum absolute atomic E-state index is 0.0132. The van der Waals surface area contributed by atoms with Gasteiger partial charge in [0.1, 0.15) is 0 Å². The summed E-state index contributed by atoms with van der Waals surface area (Å²) in [5.74, 6) is 5.35. The van der Waals surface area contributed by atoms with Crippen LogP contribution in [0, 0.1) is 10.1 Å². The fourth-order valence-corrected chi connectivity index (χ4v) is 2.68. The van der Waals surface area contributed by atoms with Gasteiger partial charge in [-0.15, -0.1) is 0 Å². The minimum Gasteiger partial charge on any atom is -0.380 e. The molecule has 0 radical (unpaired) electrons. The number of hydrogen-bond donors (Lipinski definition) is 3. The van der Waals surface area contributed by atoms with E-state index < -0.39 is 4.92 Å². The first-order valence-corrected chi connectivity index (χ1v) is 6.57. The maximum absolute atomic E-state index is 10.9. The van der Waals surface area contributed by atoms with E-state index in [0.29, 0.717) is 5.69 Å². The van der Waals surface area contributed by atoms with Gasteiger partial charge in [-0.25, -0.2) is 0 Å². The first kappa shape index (κ1) is 13.6. The third-order valence-corrected chi connectivity index (χ3v) is 3.70. The van der Waals surface area contributed by atoms with Crippen molar-refractivity contribution in [2.24, 2.45) is 5.84 Å². The highest BCUT2D eigenvalue weighted by molar-refractivity contribution is 5.63. The number of hydrogen-bond acceptors (Lipinski definition) is 5. The van der Waals surface area contributed by atoms with E-state index in [1.165, 1.54) is 25.3 Å². The van der Waals surface area contributed by atoms with Gasteiger partial charge in [-0.2, -0.15) is 0 Å². The lowest BCUT2D eigenvalue weighted by atomic mass is 9.83. The molecule has 0 bridgehead atoms. The fourth-order valence-electron chi connectivity index (χ4n) is 2.68. The van der Waals surface area contributed by atoms with Crippen LogP contribution in [-0.2, 0) is 0 Å². The quantitative estimate of drug-likeness (QED) is 0.441. The van der Waals surface area contributed by atoms with Crippen molar-refractivity contribution in [3.63, 3.8) is 0 Å². The van der Waals surface area contributed by atoms with Crippen LogP contribution in [0.25, 0.3) is 0 Å². The molecule has 1 aliphatic rings. The molecule has 0 aliphatic heterocycles. The van der Waals surface area contributed by atoms with Crippen molar-refractivity contribution in [2.75, 3.05) is 10.7 Å². The molecule has 1 saturated carbocycles. The Morgan fingerprint density at radius 2 is 1.84 bits per heavy atom. The smallest absolute Gasteiger partial charge is 0.273 e. The number of rotatable bonds is 4. The van der Waals surface area contributed by atoms with E-state index in [2.05, 4.69) is 17.7 Å². The van der Waals surface area contributed by atoms with Crippen LogP contribution in [0.15, 0.2) is 18.2 Å². The van der Waals surface area contributed by atoms with Crippen LogP contribution in [0.5, 0.6) is 0 Å². The maximum atomic E-state index is 10.9. The summed E-state index contributed by atoms with van der Waals surface area (Å²) in [7, 11) is 0. The van der Waals surface area contributed by atoms with Crippen molar-refractivity contribution in [3.8, 4) is 0 Å². The van der Waals surface area contributed by atoms with Gasteiger partial charge >= 0.3 is 0 Å². The zero-order valence-corrected chi connectivity index (χ0v) is 11.1. The number of nitro benzene ring substituents is 1. The highest BCUT2D eigenvalue weighted by Crippen LogP contribution is 2.33. The number of non-ortho nitro benzene ring substituents is 1. The van der Waals surface area contributed by atoms with Crippen LogP contribution >= 0.6 is 0 Å². The molecule has 1 aromatic carbocycles. The van der Waals surface area contributed by atoms with Gasteiger partial charge in [0, 0.05) is 23.4 Å². The number of hydrazine groups is 1. The summed E-state index contributed by atoms with van der Waals surface area (Å²) < 4.78 is 0. The lowest BCUT2D eigenvalue weighted by molar-refractivity contribution is -0.384. The molecule has 1 aromatic rings. The Bertz CT molecular complexity index is 470. The van der Waals surface area contributed by atoms with E-state index in [4.69, 9.17) is 5.84 Å². The molecule has 6 heteroatoms. The van der Waals surface area contributed by atoms with E-state index in [0.717, 1.165) is 18.5 Å². The van der Waals surface area contributed by atoms with Crippen LogP contribution < -0.4 is 16.6 Å². The molecule has 0 aromatic heterocycles. The third kappa shape index (κ3) is 3.35. The third-order valence-electron chi connectivity index (χ3n) is 3.70. The molecule has 0 spiro atoms. The lowest BCUT2D eigenvalue weighted by Gasteiger charge is -2.35. The molecule has 2 rings (SSSR count). The summed E-state index contributed by atoms with van der Waals surface area (Å²) in [4.78, 5) is 10.5. The Morgan fingerprint density at radius 1 is 1.21 bits per heavy atom. The van der Waals surface area contributed by atoms with Crippen LogP contribution in [0.4, 0.5) is 17.1 Å². The average Bonchev–Trinajstić information content (AvgIpc) is 2.38. The van der Waals surface area contributed by atoms with Gasteiger partial charge in [-0.3, -0.25) is 16.0 Å². The summed E-state index contributed by atoms with van der Waals surface area (Å²) in [6.07, 6.45) is 5.82. The predicted molar refractivity (Wildman–Crippen MR) is 76.0 cm³/mol. The summed E-state index contributed by atoms with van der Waals surface area (Å²) in [6.45, 7) is 2.17. The largest absolute Gasteiger partial charge is 0.380 e. The fraction of sp³-hybridized carbons (Fsp3) is 0.538. The number of anilines is 2. The van der Waals surface area contributed by atoms with Gasteiger partial charge in [0.15, 0.2) is 0 Å². The zero-order valence-electron chi connectivity index (χ0n) is 11.1. The van der Waals surface area contributed by atoms with Gasteiger partial charge in [-0.05, 0) is 25.8 Å². The number of nitrogen functional groups attached to an aromatic ring is 1. The molecule has 0 heterocycles. The molecule has 104 valence electrons. The molecule has 19 heavy (non-hydrogen) atoms. The molecule has 4 N–H and O–H groups in total. The number of nitrogens with two attached hydrogens (primary N) is 1. The zero-order chi connectivity index (χ0) is 13.9. The molecular formula is C13H20N4O2. The molecule has 1 fully saturated rings. The Morgan fingerprint density at radius 3 is 2.42 bits per heavy atom. The lowest BCUT2D eigenvalue weighted by Crippen LogP contribution is -2.36. The van der Waals surface area contributed by atoms with Crippen molar-refractivity contribution in [2.45, 2.75) is 44.6 Å². The van der Waals surface area contributed by atoms with E-state index >= 15 is 0 Å². The number of benzene rings is 1. The SMILES string of the molecule is CC1(Nc2cc(NN)cc([N+](=O)[O-])c2)CCCCC1. The second kappa shape index (κ2) is 5.44. The normalized spacial score (nSPS) is 17.8. The highest BCUT2D eigenvalue weighted by Gasteiger charge is 2.27. The van der Waals surface area contributed by atoms with E-state index in [9.17, 15) is 10.1 Å². The second-order valence-corrected chi connectivity index (χ2v) is 5.42. The molecule has 0 unspecified atom stereocenters. The van der Waals surface area contributed by atoms with Crippen LogP contribution in [0.1, 0.15) is 39.0 Å². The summed E-state index contributed by atoms with van der Waals surface area (Å²) in [5.41, 5.74) is 3.80. The molecule has 0 saturated heterocycles. The molecule has 0 amide bonds.